The largest absolute Gasteiger partial charge is 0.486 e. The van der Waals surface area contributed by atoms with Gasteiger partial charge in [-0.1, -0.05) is 18.1 Å². The van der Waals surface area contributed by atoms with E-state index >= 15 is 0 Å². The van der Waals surface area contributed by atoms with Gasteiger partial charge in [-0.2, -0.15) is 5.26 Å². The number of nitrogens with zero attached hydrogens (tertiary/aromatic N) is 3. The first-order chi connectivity index (χ1) is 17.5. The van der Waals surface area contributed by atoms with Crippen LogP contribution in [0, 0.1) is 23.7 Å². The van der Waals surface area contributed by atoms with Gasteiger partial charge in [0.15, 0.2) is 0 Å². The summed E-state index contributed by atoms with van der Waals surface area (Å²) in [6, 6.07) is 13.1. The maximum Gasteiger partial charge on any atom is 0.248 e. The zero-order valence-electron chi connectivity index (χ0n) is 20.2. The zero-order valence-corrected chi connectivity index (χ0v) is 20.2. The Hall–Kier alpha value is -4.37. The van der Waals surface area contributed by atoms with Crippen molar-refractivity contribution in [2.45, 2.75) is 12.5 Å². The number of hydrogen-bond donors (Lipinski definition) is 2. The number of nitriles is 1. The third kappa shape index (κ3) is 6.00. The van der Waals surface area contributed by atoms with Crippen LogP contribution in [0.25, 0.3) is 10.9 Å². The van der Waals surface area contributed by atoms with Crippen LogP contribution < -0.4 is 15.4 Å². The van der Waals surface area contributed by atoms with Gasteiger partial charge in [-0.05, 0) is 38.4 Å². The van der Waals surface area contributed by atoms with Gasteiger partial charge in [0.2, 0.25) is 5.91 Å². The minimum Gasteiger partial charge on any atom is -0.486 e. The number of pyridine rings is 1. The monoisotopic (exact) mass is 481 g/mol. The molecule has 1 amide bonds. The van der Waals surface area contributed by atoms with Crippen molar-refractivity contribution in [3.8, 4) is 24.2 Å². The molecule has 1 aliphatic rings. The minimum atomic E-state index is -0.288. The smallest absolute Gasteiger partial charge is 0.248 e. The first-order valence-corrected chi connectivity index (χ1v) is 11.5. The topological polar surface area (TPSA) is 99.5 Å². The lowest BCUT2D eigenvalue weighted by Gasteiger charge is -2.18. The Balaban J connectivity index is 1.77. The molecule has 2 aromatic carbocycles. The molecule has 2 N–H and O–H groups in total. The van der Waals surface area contributed by atoms with Crippen molar-refractivity contribution in [1.29, 1.82) is 5.26 Å². The Morgan fingerprint density at radius 1 is 1.36 bits per heavy atom. The predicted octanol–water partition coefficient (Wildman–Crippen LogP) is 4.06. The number of amides is 1. The standard InChI is InChI=1S/C28H27N5O3/c1-4-19-7-5-8-21(13-19)31-28-20(16-29)17-30-24-15-26(36-22-10-12-35-18-22)25(14-23(24)28)32-27(34)9-6-11-33(2)3/h1,5-9,13-15,17,22H,10-12,18H2,2-3H3,(H,30,31)(H,32,34)/b9-6-. The van der Waals surface area contributed by atoms with E-state index in [0.29, 0.717) is 58.9 Å². The van der Waals surface area contributed by atoms with Gasteiger partial charge >= 0.3 is 0 Å². The fourth-order valence-corrected chi connectivity index (χ4v) is 3.80. The normalized spacial score (nSPS) is 15.1. The Labute approximate surface area is 210 Å². The van der Waals surface area contributed by atoms with Gasteiger partial charge in [0.05, 0.1) is 35.7 Å². The molecule has 1 atom stereocenters. The molecule has 1 unspecified atom stereocenters. The predicted molar refractivity (Wildman–Crippen MR) is 140 cm³/mol. The van der Waals surface area contributed by atoms with E-state index in [1.807, 2.05) is 43.3 Å². The highest BCUT2D eigenvalue weighted by Crippen LogP contribution is 2.37. The van der Waals surface area contributed by atoms with Gasteiger partial charge < -0.3 is 25.0 Å². The lowest BCUT2D eigenvalue weighted by molar-refractivity contribution is -0.111. The third-order valence-electron chi connectivity index (χ3n) is 5.57. The quantitative estimate of drug-likeness (QED) is 0.370. The van der Waals surface area contributed by atoms with E-state index in [1.54, 1.807) is 18.2 Å². The van der Waals surface area contributed by atoms with Crippen molar-refractivity contribution in [1.82, 2.24) is 9.88 Å². The Morgan fingerprint density at radius 3 is 2.94 bits per heavy atom. The van der Waals surface area contributed by atoms with Crippen LogP contribution in [0.5, 0.6) is 5.75 Å². The van der Waals surface area contributed by atoms with E-state index in [1.165, 1.54) is 12.3 Å². The molecule has 8 heteroatoms. The van der Waals surface area contributed by atoms with E-state index in [-0.39, 0.29) is 12.0 Å². The molecular weight excluding hydrogens is 454 g/mol. The average molecular weight is 482 g/mol. The van der Waals surface area contributed by atoms with Crippen LogP contribution in [0.3, 0.4) is 0 Å². The highest BCUT2D eigenvalue weighted by atomic mass is 16.5. The van der Waals surface area contributed by atoms with Gasteiger partial charge in [0.1, 0.15) is 17.9 Å². The molecule has 1 aliphatic heterocycles. The molecule has 4 rings (SSSR count). The number of likely N-dealkylation sites (N-methyl/N-ethyl adjacent to an activating group) is 1. The summed E-state index contributed by atoms with van der Waals surface area (Å²) in [6.07, 6.45) is 11.0. The van der Waals surface area contributed by atoms with Gasteiger partial charge in [-0.15, -0.1) is 6.42 Å². The minimum absolute atomic E-state index is 0.120. The fraction of sp³-hybridized carbons (Fsp3) is 0.250. The molecule has 36 heavy (non-hydrogen) atoms. The number of terminal acetylenes is 1. The number of nitrogens with one attached hydrogen (secondary N) is 2. The highest BCUT2D eigenvalue weighted by molar-refractivity contribution is 6.04. The van der Waals surface area contributed by atoms with Gasteiger partial charge in [-0.3, -0.25) is 9.78 Å². The molecule has 0 bridgehead atoms. The Morgan fingerprint density at radius 2 is 2.22 bits per heavy atom. The molecular formula is C28H27N5O3. The van der Waals surface area contributed by atoms with Crippen LogP contribution >= 0.6 is 0 Å². The molecule has 1 aromatic heterocycles. The summed E-state index contributed by atoms with van der Waals surface area (Å²) in [7, 11) is 3.85. The van der Waals surface area contributed by atoms with E-state index in [0.717, 1.165) is 12.1 Å². The second-order valence-corrected chi connectivity index (χ2v) is 8.63. The molecule has 182 valence electrons. The van der Waals surface area contributed by atoms with Crippen molar-refractivity contribution in [2.75, 3.05) is 44.5 Å². The van der Waals surface area contributed by atoms with Crippen LogP contribution in [-0.2, 0) is 9.53 Å². The lowest BCUT2D eigenvalue weighted by Crippen LogP contribution is -2.18. The molecule has 3 aromatic rings. The second kappa shape index (κ2) is 11.4. The number of ether oxygens (including phenoxy) is 2. The first kappa shape index (κ1) is 24.7. The number of fused-ring (bicyclic) bond motifs is 1. The van der Waals surface area contributed by atoms with Crippen molar-refractivity contribution in [3.63, 3.8) is 0 Å². The molecule has 8 nitrogen and oxygen atoms in total. The van der Waals surface area contributed by atoms with Gasteiger partial charge in [0, 0.05) is 47.9 Å². The number of benzene rings is 2. The van der Waals surface area contributed by atoms with Crippen LogP contribution in [0.1, 0.15) is 17.5 Å². The number of anilines is 3. The van der Waals surface area contributed by atoms with Gasteiger partial charge in [0.25, 0.3) is 0 Å². The third-order valence-corrected chi connectivity index (χ3v) is 5.57. The molecule has 0 spiro atoms. The van der Waals surface area contributed by atoms with Crippen molar-refractivity contribution < 1.29 is 14.3 Å². The Bertz CT molecular complexity index is 1380. The summed E-state index contributed by atoms with van der Waals surface area (Å²) < 4.78 is 11.6. The maximum absolute atomic E-state index is 12.7. The van der Waals surface area contributed by atoms with Crippen molar-refractivity contribution in [3.05, 3.63) is 65.9 Å². The maximum atomic E-state index is 12.7. The number of hydrogen-bond acceptors (Lipinski definition) is 7. The van der Waals surface area contributed by atoms with Crippen LogP contribution in [0.2, 0.25) is 0 Å². The summed E-state index contributed by atoms with van der Waals surface area (Å²) in [6.45, 7) is 1.74. The van der Waals surface area contributed by atoms with E-state index in [9.17, 15) is 10.1 Å². The molecule has 1 saturated heterocycles. The molecule has 2 heterocycles. The van der Waals surface area contributed by atoms with Crippen molar-refractivity contribution >= 4 is 33.9 Å². The highest BCUT2D eigenvalue weighted by Gasteiger charge is 2.21. The Kier molecular flexibility index (Phi) is 7.82. The van der Waals surface area contributed by atoms with Gasteiger partial charge in [-0.25, -0.2) is 0 Å². The number of rotatable bonds is 8. The number of carbonyl (C=O) groups excluding carboxylic acids is 1. The van der Waals surface area contributed by atoms with Crippen LogP contribution in [0.4, 0.5) is 17.1 Å². The zero-order chi connectivity index (χ0) is 25.5. The summed E-state index contributed by atoms with van der Waals surface area (Å²) >= 11 is 0. The summed E-state index contributed by atoms with van der Waals surface area (Å²) in [5.74, 6) is 2.82. The summed E-state index contributed by atoms with van der Waals surface area (Å²) in [5.41, 5.74) is 3.45. The SMILES string of the molecule is C#Cc1cccc(Nc2c(C#N)cnc3cc(OC4CCOC4)c(NC(=O)/C=C\CN(C)C)cc23)c1. The van der Waals surface area contributed by atoms with Crippen LogP contribution in [-0.4, -0.2) is 55.7 Å². The first-order valence-electron chi connectivity index (χ1n) is 11.5. The average Bonchev–Trinajstić information content (AvgIpc) is 3.38. The summed E-state index contributed by atoms with van der Waals surface area (Å²) in [4.78, 5) is 19.1. The number of carbonyl (C=O) groups is 1. The second-order valence-electron chi connectivity index (χ2n) is 8.63. The van der Waals surface area contributed by atoms with E-state index in [2.05, 4.69) is 27.6 Å². The number of aromatic nitrogens is 1. The van der Waals surface area contributed by atoms with E-state index < -0.39 is 0 Å². The van der Waals surface area contributed by atoms with E-state index in [4.69, 9.17) is 15.9 Å². The molecule has 1 fully saturated rings. The molecule has 0 saturated carbocycles. The van der Waals surface area contributed by atoms with Crippen molar-refractivity contribution in [2.24, 2.45) is 0 Å². The fourth-order valence-electron chi connectivity index (χ4n) is 3.80. The molecule has 0 radical (unpaired) electrons. The molecule has 0 aliphatic carbocycles. The lowest BCUT2D eigenvalue weighted by atomic mass is 10.1. The van der Waals surface area contributed by atoms with Crippen LogP contribution in [0.15, 0.2) is 54.7 Å². The summed E-state index contributed by atoms with van der Waals surface area (Å²) in [5, 5.41) is 16.7.